The van der Waals surface area contributed by atoms with Crippen molar-refractivity contribution in [3.8, 4) is 11.3 Å². The van der Waals surface area contributed by atoms with Crippen LogP contribution in [0.15, 0.2) is 36.5 Å². The van der Waals surface area contributed by atoms with E-state index < -0.39 is 0 Å². The first-order chi connectivity index (χ1) is 9.33. The summed E-state index contributed by atoms with van der Waals surface area (Å²) in [7, 11) is 0. The molecule has 1 aromatic carbocycles. The van der Waals surface area contributed by atoms with Crippen LogP contribution in [0.4, 0.5) is 5.69 Å². The lowest BCUT2D eigenvalue weighted by atomic mass is 10.1. The number of hydrogen-bond acceptors (Lipinski definition) is 4. The van der Waals surface area contributed by atoms with Gasteiger partial charge in [0.05, 0.1) is 18.9 Å². The predicted molar refractivity (Wildman–Crippen MR) is 75.5 cm³/mol. The van der Waals surface area contributed by atoms with E-state index >= 15 is 0 Å². The van der Waals surface area contributed by atoms with Crippen molar-refractivity contribution in [1.82, 2.24) is 9.97 Å². The van der Waals surface area contributed by atoms with Crippen molar-refractivity contribution in [2.24, 2.45) is 0 Å². The third kappa shape index (κ3) is 2.85. The third-order valence-electron chi connectivity index (χ3n) is 3.17. The van der Waals surface area contributed by atoms with E-state index in [-0.39, 0.29) is 5.28 Å². The molecule has 5 heteroatoms. The van der Waals surface area contributed by atoms with Gasteiger partial charge in [-0.25, -0.2) is 9.97 Å². The monoisotopic (exact) mass is 275 g/mol. The SMILES string of the molecule is Clc1nccc(-c2ccc(N3CCOCC3)cc2)n1. The topological polar surface area (TPSA) is 38.2 Å². The molecule has 0 saturated carbocycles. The van der Waals surface area contributed by atoms with Crippen LogP contribution in [-0.2, 0) is 4.74 Å². The highest BCUT2D eigenvalue weighted by atomic mass is 35.5. The third-order valence-corrected chi connectivity index (χ3v) is 3.35. The van der Waals surface area contributed by atoms with Gasteiger partial charge in [-0.2, -0.15) is 0 Å². The summed E-state index contributed by atoms with van der Waals surface area (Å²) in [5, 5.41) is 0.273. The van der Waals surface area contributed by atoms with Crippen molar-refractivity contribution in [3.05, 3.63) is 41.8 Å². The van der Waals surface area contributed by atoms with Crippen molar-refractivity contribution in [2.75, 3.05) is 31.2 Å². The maximum absolute atomic E-state index is 5.80. The van der Waals surface area contributed by atoms with Crippen molar-refractivity contribution in [3.63, 3.8) is 0 Å². The van der Waals surface area contributed by atoms with Gasteiger partial charge in [0.25, 0.3) is 0 Å². The van der Waals surface area contributed by atoms with Crippen molar-refractivity contribution in [2.45, 2.75) is 0 Å². The minimum atomic E-state index is 0.273. The molecular formula is C14H14ClN3O. The number of morpholine rings is 1. The fraction of sp³-hybridized carbons (Fsp3) is 0.286. The molecular weight excluding hydrogens is 262 g/mol. The molecule has 1 saturated heterocycles. The van der Waals surface area contributed by atoms with Gasteiger partial charge in [-0.15, -0.1) is 0 Å². The zero-order chi connectivity index (χ0) is 13.1. The highest BCUT2D eigenvalue weighted by molar-refractivity contribution is 6.28. The van der Waals surface area contributed by atoms with Gasteiger partial charge in [0.2, 0.25) is 5.28 Å². The maximum Gasteiger partial charge on any atom is 0.222 e. The first kappa shape index (κ1) is 12.4. The Balaban J connectivity index is 1.82. The zero-order valence-electron chi connectivity index (χ0n) is 10.4. The van der Waals surface area contributed by atoms with Crippen LogP contribution in [0.2, 0.25) is 5.28 Å². The van der Waals surface area contributed by atoms with Crippen LogP contribution in [-0.4, -0.2) is 36.3 Å². The molecule has 4 nitrogen and oxygen atoms in total. The molecule has 3 rings (SSSR count). The summed E-state index contributed by atoms with van der Waals surface area (Å²) in [4.78, 5) is 10.4. The van der Waals surface area contributed by atoms with Gasteiger partial charge in [0.1, 0.15) is 0 Å². The van der Waals surface area contributed by atoms with Gasteiger partial charge in [-0.3, -0.25) is 0 Å². The summed E-state index contributed by atoms with van der Waals surface area (Å²) in [6, 6.07) is 10.2. The van der Waals surface area contributed by atoms with Gasteiger partial charge < -0.3 is 9.64 Å². The van der Waals surface area contributed by atoms with Crippen LogP contribution >= 0.6 is 11.6 Å². The smallest absolute Gasteiger partial charge is 0.222 e. The minimum Gasteiger partial charge on any atom is -0.378 e. The summed E-state index contributed by atoms with van der Waals surface area (Å²) in [5.41, 5.74) is 3.10. The van der Waals surface area contributed by atoms with E-state index in [1.807, 2.05) is 6.07 Å². The molecule has 1 aliphatic heterocycles. The molecule has 0 bridgehead atoms. The second-order valence-electron chi connectivity index (χ2n) is 4.36. The largest absolute Gasteiger partial charge is 0.378 e. The van der Waals surface area contributed by atoms with E-state index in [1.54, 1.807) is 6.20 Å². The number of hydrogen-bond donors (Lipinski definition) is 0. The van der Waals surface area contributed by atoms with Crippen LogP contribution < -0.4 is 4.90 Å². The van der Waals surface area contributed by atoms with E-state index in [2.05, 4.69) is 39.1 Å². The summed E-state index contributed by atoms with van der Waals surface area (Å²) < 4.78 is 5.35. The predicted octanol–water partition coefficient (Wildman–Crippen LogP) is 2.63. The molecule has 1 aromatic heterocycles. The molecule has 1 fully saturated rings. The Morgan fingerprint density at radius 2 is 1.79 bits per heavy atom. The van der Waals surface area contributed by atoms with E-state index in [9.17, 15) is 0 Å². The lowest BCUT2D eigenvalue weighted by Crippen LogP contribution is -2.36. The number of aromatic nitrogens is 2. The first-order valence-electron chi connectivity index (χ1n) is 6.24. The van der Waals surface area contributed by atoms with Crippen LogP contribution in [0, 0.1) is 0 Å². The molecule has 98 valence electrons. The summed E-state index contributed by atoms with van der Waals surface area (Å²) in [5.74, 6) is 0. The molecule has 0 spiro atoms. The molecule has 0 unspecified atom stereocenters. The number of anilines is 1. The van der Waals surface area contributed by atoms with Gasteiger partial charge in [0, 0.05) is 30.5 Å². The number of rotatable bonds is 2. The Labute approximate surface area is 117 Å². The fourth-order valence-electron chi connectivity index (χ4n) is 2.16. The van der Waals surface area contributed by atoms with E-state index in [1.165, 1.54) is 5.69 Å². The number of halogens is 1. The van der Waals surface area contributed by atoms with Crippen molar-refractivity contribution < 1.29 is 4.74 Å². The molecule has 0 radical (unpaired) electrons. The number of ether oxygens (including phenoxy) is 1. The molecule has 0 aliphatic carbocycles. The number of nitrogens with zero attached hydrogens (tertiary/aromatic N) is 3. The quantitative estimate of drug-likeness (QED) is 0.790. The Hall–Kier alpha value is -1.65. The van der Waals surface area contributed by atoms with Gasteiger partial charge in [0.15, 0.2) is 0 Å². The Morgan fingerprint density at radius 3 is 2.47 bits per heavy atom. The fourth-order valence-corrected chi connectivity index (χ4v) is 2.31. The highest BCUT2D eigenvalue weighted by Crippen LogP contribution is 2.22. The highest BCUT2D eigenvalue weighted by Gasteiger charge is 2.11. The first-order valence-corrected chi connectivity index (χ1v) is 6.62. The maximum atomic E-state index is 5.80. The van der Waals surface area contributed by atoms with Crippen LogP contribution in [0.1, 0.15) is 0 Å². The van der Waals surface area contributed by atoms with E-state index in [4.69, 9.17) is 16.3 Å². The molecule has 19 heavy (non-hydrogen) atoms. The molecule has 2 aromatic rings. The molecule has 1 aliphatic rings. The standard InChI is InChI=1S/C14H14ClN3O/c15-14-16-6-5-13(17-14)11-1-3-12(4-2-11)18-7-9-19-10-8-18/h1-6H,7-10H2. The summed E-state index contributed by atoms with van der Waals surface area (Å²) in [6.07, 6.45) is 1.67. The van der Waals surface area contributed by atoms with Crippen molar-refractivity contribution in [1.29, 1.82) is 0 Å². The van der Waals surface area contributed by atoms with Gasteiger partial charge in [-0.05, 0) is 29.8 Å². The Bertz CT molecular complexity index is 553. The normalized spacial score (nSPS) is 15.5. The van der Waals surface area contributed by atoms with Crippen LogP contribution in [0.5, 0.6) is 0 Å². The Morgan fingerprint density at radius 1 is 1.05 bits per heavy atom. The lowest BCUT2D eigenvalue weighted by Gasteiger charge is -2.28. The average Bonchev–Trinajstić information content (AvgIpc) is 2.48. The Kier molecular flexibility index (Phi) is 3.62. The number of benzene rings is 1. The lowest BCUT2D eigenvalue weighted by molar-refractivity contribution is 0.122. The van der Waals surface area contributed by atoms with E-state index in [0.29, 0.717) is 0 Å². The molecule has 2 heterocycles. The van der Waals surface area contributed by atoms with Crippen LogP contribution in [0.25, 0.3) is 11.3 Å². The molecule has 0 N–H and O–H groups in total. The summed E-state index contributed by atoms with van der Waals surface area (Å²) >= 11 is 5.80. The minimum absolute atomic E-state index is 0.273. The van der Waals surface area contributed by atoms with Crippen LogP contribution in [0.3, 0.4) is 0 Å². The van der Waals surface area contributed by atoms with Crippen molar-refractivity contribution >= 4 is 17.3 Å². The second kappa shape index (κ2) is 5.55. The summed E-state index contributed by atoms with van der Waals surface area (Å²) in [6.45, 7) is 3.48. The second-order valence-corrected chi connectivity index (χ2v) is 4.70. The molecule has 0 amide bonds. The van der Waals surface area contributed by atoms with Gasteiger partial charge >= 0.3 is 0 Å². The molecule has 0 atom stereocenters. The van der Waals surface area contributed by atoms with Gasteiger partial charge in [-0.1, -0.05) is 12.1 Å². The van der Waals surface area contributed by atoms with E-state index in [0.717, 1.165) is 37.6 Å². The zero-order valence-corrected chi connectivity index (χ0v) is 11.2. The average molecular weight is 276 g/mol.